The Balaban J connectivity index is 1.77. The van der Waals surface area contributed by atoms with Crippen molar-refractivity contribution in [1.82, 2.24) is 4.90 Å². The van der Waals surface area contributed by atoms with Gasteiger partial charge in [-0.15, -0.1) is 0 Å². The third-order valence-electron chi connectivity index (χ3n) is 3.95. The first kappa shape index (κ1) is 13.7. The van der Waals surface area contributed by atoms with Crippen molar-refractivity contribution in [2.24, 2.45) is 5.92 Å². The van der Waals surface area contributed by atoms with Gasteiger partial charge >= 0.3 is 0 Å². The molecule has 1 saturated carbocycles. The summed E-state index contributed by atoms with van der Waals surface area (Å²) in [7, 11) is 0. The van der Waals surface area contributed by atoms with Crippen molar-refractivity contribution in [3.63, 3.8) is 0 Å². The number of rotatable bonds is 4. The van der Waals surface area contributed by atoms with Gasteiger partial charge in [0.15, 0.2) is 0 Å². The van der Waals surface area contributed by atoms with Crippen LogP contribution < -0.4 is 5.73 Å². The molecular weight excluding hydrogens is 276 g/mol. The average Bonchev–Trinajstić information content (AvgIpc) is 3.12. The summed E-state index contributed by atoms with van der Waals surface area (Å²) in [6.07, 6.45) is 3.21. The van der Waals surface area contributed by atoms with Crippen molar-refractivity contribution in [2.45, 2.75) is 25.3 Å². The second-order valence-corrected chi connectivity index (χ2v) is 6.06. The number of ether oxygens (including phenoxy) is 1. The Labute approximate surface area is 123 Å². The van der Waals surface area contributed by atoms with E-state index in [1.54, 1.807) is 18.2 Å². The molecule has 1 saturated heterocycles. The maximum absolute atomic E-state index is 12.7. The smallest absolute Gasteiger partial charge is 0.255 e. The summed E-state index contributed by atoms with van der Waals surface area (Å²) in [5, 5.41) is 0.434. The van der Waals surface area contributed by atoms with Crippen molar-refractivity contribution >= 4 is 23.2 Å². The highest BCUT2D eigenvalue weighted by Gasteiger charge is 2.35. The Hall–Kier alpha value is -1.26. The molecule has 5 heteroatoms. The molecule has 0 radical (unpaired) electrons. The van der Waals surface area contributed by atoms with Crippen molar-refractivity contribution in [1.29, 1.82) is 0 Å². The van der Waals surface area contributed by atoms with Gasteiger partial charge in [-0.05, 0) is 37.5 Å². The summed E-state index contributed by atoms with van der Waals surface area (Å²) >= 11 is 6.16. The minimum absolute atomic E-state index is 0.0180. The first-order chi connectivity index (χ1) is 9.65. The molecule has 1 unspecified atom stereocenters. The van der Waals surface area contributed by atoms with E-state index in [4.69, 9.17) is 22.1 Å². The number of benzene rings is 1. The molecule has 1 aromatic rings. The Bertz CT molecular complexity index is 511. The van der Waals surface area contributed by atoms with E-state index < -0.39 is 0 Å². The molecule has 1 atom stereocenters. The van der Waals surface area contributed by atoms with E-state index in [9.17, 15) is 4.79 Å². The van der Waals surface area contributed by atoms with Crippen LogP contribution >= 0.6 is 11.6 Å². The highest BCUT2D eigenvalue weighted by molar-refractivity contribution is 6.34. The van der Waals surface area contributed by atoms with E-state index >= 15 is 0 Å². The van der Waals surface area contributed by atoms with Gasteiger partial charge in [0.2, 0.25) is 0 Å². The maximum Gasteiger partial charge on any atom is 0.255 e. The molecule has 2 fully saturated rings. The average molecular weight is 295 g/mol. The lowest BCUT2D eigenvalue weighted by Crippen LogP contribution is -2.37. The summed E-state index contributed by atoms with van der Waals surface area (Å²) in [5.74, 6) is 0.469. The van der Waals surface area contributed by atoms with Crippen LogP contribution in [0.3, 0.4) is 0 Å². The molecule has 20 heavy (non-hydrogen) atoms. The predicted octanol–water partition coefficient (Wildman–Crippen LogP) is 2.56. The lowest BCUT2D eigenvalue weighted by Gasteiger charge is -2.25. The van der Waals surface area contributed by atoms with Gasteiger partial charge in [-0.3, -0.25) is 4.79 Å². The number of hydrogen-bond donors (Lipinski definition) is 1. The third-order valence-corrected chi connectivity index (χ3v) is 4.26. The summed E-state index contributed by atoms with van der Waals surface area (Å²) in [6.45, 7) is 2.33. The SMILES string of the molecule is Nc1ccc(C(=O)N(CC2CCOC2)C2CC2)c(Cl)c1. The monoisotopic (exact) mass is 294 g/mol. The number of anilines is 1. The molecule has 1 amide bonds. The van der Waals surface area contributed by atoms with Crippen molar-refractivity contribution in [2.75, 3.05) is 25.5 Å². The third kappa shape index (κ3) is 2.91. The highest BCUT2D eigenvalue weighted by Crippen LogP contribution is 2.32. The number of hydrogen-bond acceptors (Lipinski definition) is 3. The van der Waals surface area contributed by atoms with Gasteiger partial charge in [0.05, 0.1) is 17.2 Å². The number of nitrogen functional groups attached to an aromatic ring is 1. The van der Waals surface area contributed by atoms with Crippen LogP contribution in [0.15, 0.2) is 18.2 Å². The predicted molar refractivity (Wildman–Crippen MR) is 78.8 cm³/mol. The lowest BCUT2D eigenvalue weighted by molar-refractivity contribution is 0.0706. The molecule has 0 aromatic heterocycles. The van der Waals surface area contributed by atoms with Crippen LogP contribution in [0.25, 0.3) is 0 Å². The van der Waals surface area contributed by atoms with Crippen LogP contribution in [-0.2, 0) is 4.74 Å². The number of halogens is 1. The number of carbonyl (C=O) groups is 1. The fourth-order valence-corrected chi connectivity index (χ4v) is 2.92. The number of nitrogens with two attached hydrogens (primary N) is 1. The quantitative estimate of drug-likeness (QED) is 0.868. The molecular formula is C15H19ClN2O2. The van der Waals surface area contributed by atoms with Gasteiger partial charge in [0.1, 0.15) is 0 Å². The summed E-state index contributed by atoms with van der Waals surface area (Å²) in [6, 6.07) is 5.46. The Kier molecular flexibility index (Phi) is 3.85. The number of carbonyl (C=O) groups excluding carboxylic acids is 1. The Morgan fingerprint density at radius 2 is 2.20 bits per heavy atom. The van der Waals surface area contributed by atoms with Gasteiger partial charge in [0, 0.05) is 30.8 Å². The largest absolute Gasteiger partial charge is 0.399 e. The van der Waals surface area contributed by atoms with E-state index in [-0.39, 0.29) is 5.91 Å². The second kappa shape index (κ2) is 5.62. The molecule has 1 heterocycles. The van der Waals surface area contributed by atoms with Crippen LogP contribution in [0, 0.1) is 5.92 Å². The van der Waals surface area contributed by atoms with Crippen LogP contribution in [0.2, 0.25) is 5.02 Å². The molecule has 0 spiro atoms. The van der Waals surface area contributed by atoms with Crippen LogP contribution in [0.5, 0.6) is 0 Å². The van der Waals surface area contributed by atoms with Crippen LogP contribution in [0.4, 0.5) is 5.69 Å². The first-order valence-electron chi connectivity index (χ1n) is 7.09. The van der Waals surface area contributed by atoms with Gasteiger partial charge in [-0.25, -0.2) is 0 Å². The standard InChI is InChI=1S/C15H19ClN2O2/c16-14-7-11(17)1-4-13(14)15(19)18(12-2-3-12)8-10-5-6-20-9-10/h1,4,7,10,12H,2-3,5-6,8-9,17H2. The van der Waals surface area contributed by atoms with E-state index in [0.29, 0.717) is 28.2 Å². The topological polar surface area (TPSA) is 55.6 Å². The molecule has 2 aliphatic rings. The van der Waals surface area contributed by atoms with Gasteiger partial charge in [-0.1, -0.05) is 11.6 Å². The van der Waals surface area contributed by atoms with E-state index in [1.165, 1.54) is 0 Å². The fourth-order valence-electron chi connectivity index (χ4n) is 2.65. The maximum atomic E-state index is 12.7. The molecule has 3 rings (SSSR count). The summed E-state index contributed by atoms with van der Waals surface area (Å²) in [5.41, 5.74) is 6.81. The molecule has 1 aromatic carbocycles. The number of nitrogens with zero attached hydrogens (tertiary/aromatic N) is 1. The Morgan fingerprint density at radius 1 is 1.40 bits per heavy atom. The molecule has 108 valence electrons. The molecule has 0 bridgehead atoms. The minimum atomic E-state index is 0.0180. The van der Waals surface area contributed by atoms with Crippen molar-refractivity contribution in [3.8, 4) is 0 Å². The molecule has 1 aliphatic heterocycles. The second-order valence-electron chi connectivity index (χ2n) is 5.66. The zero-order valence-corrected chi connectivity index (χ0v) is 12.1. The van der Waals surface area contributed by atoms with Gasteiger partial charge in [0.25, 0.3) is 5.91 Å². The Morgan fingerprint density at radius 3 is 2.80 bits per heavy atom. The molecule has 2 N–H and O–H groups in total. The summed E-state index contributed by atoms with van der Waals surface area (Å²) < 4.78 is 5.40. The zero-order chi connectivity index (χ0) is 14.1. The van der Waals surface area contributed by atoms with E-state index in [0.717, 1.165) is 39.0 Å². The highest BCUT2D eigenvalue weighted by atomic mass is 35.5. The van der Waals surface area contributed by atoms with Gasteiger partial charge < -0.3 is 15.4 Å². The zero-order valence-electron chi connectivity index (χ0n) is 11.3. The van der Waals surface area contributed by atoms with Gasteiger partial charge in [-0.2, -0.15) is 0 Å². The lowest BCUT2D eigenvalue weighted by atomic mass is 10.1. The van der Waals surface area contributed by atoms with E-state index in [1.807, 2.05) is 4.90 Å². The summed E-state index contributed by atoms with van der Waals surface area (Å²) in [4.78, 5) is 14.7. The first-order valence-corrected chi connectivity index (χ1v) is 7.46. The number of amides is 1. The molecule has 1 aliphatic carbocycles. The fraction of sp³-hybridized carbons (Fsp3) is 0.533. The van der Waals surface area contributed by atoms with Crippen LogP contribution in [-0.4, -0.2) is 36.6 Å². The molecule has 4 nitrogen and oxygen atoms in total. The van der Waals surface area contributed by atoms with Crippen molar-refractivity contribution in [3.05, 3.63) is 28.8 Å². The minimum Gasteiger partial charge on any atom is -0.399 e. The van der Waals surface area contributed by atoms with Crippen molar-refractivity contribution < 1.29 is 9.53 Å². The normalized spacial score (nSPS) is 21.9. The van der Waals surface area contributed by atoms with E-state index in [2.05, 4.69) is 0 Å². The van der Waals surface area contributed by atoms with Crippen LogP contribution in [0.1, 0.15) is 29.6 Å².